The second kappa shape index (κ2) is 6.83. The van der Waals surface area contributed by atoms with Crippen LogP contribution in [0, 0.1) is 11.8 Å². The summed E-state index contributed by atoms with van der Waals surface area (Å²) in [6.45, 7) is 3.27. The summed E-state index contributed by atoms with van der Waals surface area (Å²) in [6.07, 6.45) is 5.24. The van der Waals surface area contributed by atoms with E-state index in [4.69, 9.17) is 5.73 Å². The number of nitrogen functional groups attached to an aromatic ring is 1. The molecule has 0 bridgehead atoms. The predicted octanol–water partition coefficient (Wildman–Crippen LogP) is 3.21. The normalized spacial score (nSPS) is 21.9. The van der Waals surface area contributed by atoms with Crippen LogP contribution in [0.1, 0.15) is 43.0 Å². The van der Waals surface area contributed by atoms with Crippen molar-refractivity contribution in [3.63, 3.8) is 0 Å². The lowest BCUT2D eigenvalue weighted by molar-refractivity contribution is 0.0827. The van der Waals surface area contributed by atoms with Crippen LogP contribution >= 0.6 is 0 Å². The zero-order valence-corrected chi connectivity index (χ0v) is 13.4. The number of nitrogens with zero attached hydrogens (tertiary/aromatic N) is 1. The Hall–Kier alpha value is -1.71. The number of amides is 1. The third-order valence-electron chi connectivity index (χ3n) is 4.33. The van der Waals surface area contributed by atoms with E-state index in [9.17, 15) is 4.79 Å². The molecule has 1 aromatic carbocycles. The Kier molecular flexibility index (Phi) is 5.10. The topological polar surface area (TPSA) is 58.4 Å². The quantitative estimate of drug-likeness (QED) is 0.837. The lowest BCUT2D eigenvalue weighted by Gasteiger charge is -2.27. The lowest BCUT2D eigenvalue weighted by atomic mass is 9.82. The first-order chi connectivity index (χ1) is 9.97. The summed E-state index contributed by atoms with van der Waals surface area (Å²) in [7, 11) is 3.52. The maximum Gasteiger partial charge on any atom is 0.253 e. The molecule has 2 rings (SSSR count). The molecule has 0 heterocycles. The largest absolute Gasteiger partial charge is 0.397 e. The van der Waals surface area contributed by atoms with Gasteiger partial charge in [0.15, 0.2) is 0 Å². The van der Waals surface area contributed by atoms with Gasteiger partial charge in [-0.25, -0.2) is 0 Å². The third kappa shape index (κ3) is 4.13. The van der Waals surface area contributed by atoms with Crippen molar-refractivity contribution in [2.75, 3.05) is 31.7 Å². The predicted molar refractivity (Wildman–Crippen MR) is 88.5 cm³/mol. The number of nitrogens with two attached hydrogens (primary N) is 1. The van der Waals surface area contributed by atoms with Crippen LogP contribution < -0.4 is 11.1 Å². The molecule has 4 heteroatoms. The molecular formula is C17H27N3O. The summed E-state index contributed by atoms with van der Waals surface area (Å²) < 4.78 is 0. The van der Waals surface area contributed by atoms with Crippen molar-refractivity contribution in [1.82, 2.24) is 4.90 Å². The van der Waals surface area contributed by atoms with E-state index in [-0.39, 0.29) is 5.91 Å². The van der Waals surface area contributed by atoms with E-state index in [1.54, 1.807) is 25.1 Å². The molecule has 0 spiro atoms. The summed E-state index contributed by atoms with van der Waals surface area (Å²) in [5, 5.41) is 3.44. The van der Waals surface area contributed by atoms with Gasteiger partial charge in [0, 0.05) is 26.2 Å². The Morgan fingerprint density at radius 3 is 2.81 bits per heavy atom. The summed E-state index contributed by atoms with van der Waals surface area (Å²) >= 11 is 0. The smallest absolute Gasteiger partial charge is 0.253 e. The van der Waals surface area contributed by atoms with Gasteiger partial charge in [0.05, 0.1) is 11.4 Å². The average Bonchev–Trinajstić information content (AvgIpc) is 2.45. The second-order valence-electron chi connectivity index (χ2n) is 6.52. The monoisotopic (exact) mass is 289 g/mol. The first kappa shape index (κ1) is 15.7. The van der Waals surface area contributed by atoms with Gasteiger partial charge in [-0.1, -0.05) is 19.8 Å². The highest BCUT2D eigenvalue weighted by molar-refractivity contribution is 5.95. The van der Waals surface area contributed by atoms with Crippen molar-refractivity contribution in [2.45, 2.75) is 32.6 Å². The second-order valence-corrected chi connectivity index (χ2v) is 6.52. The molecule has 21 heavy (non-hydrogen) atoms. The summed E-state index contributed by atoms with van der Waals surface area (Å²) in [5.74, 6) is 1.54. The number of rotatable bonds is 4. The van der Waals surface area contributed by atoms with Gasteiger partial charge in [-0.3, -0.25) is 4.79 Å². The molecule has 3 N–H and O–H groups in total. The van der Waals surface area contributed by atoms with E-state index in [0.717, 1.165) is 18.2 Å². The number of carbonyl (C=O) groups excluding carboxylic acids is 1. The maximum atomic E-state index is 12.0. The summed E-state index contributed by atoms with van der Waals surface area (Å²) in [6, 6.07) is 5.46. The molecule has 0 radical (unpaired) electrons. The minimum Gasteiger partial charge on any atom is -0.397 e. The molecule has 116 valence electrons. The Balaban J connectivity index is 2.02. The fourth-order valence-electron chi connectivity index (χ4n) is 3.10. The minimum absolute atomic E-state index is 0.00402. The van der Waals surface area contributed by atoms with Gasteiger partial charge in [-0.2, -0.15) is 0 Å². The highest BCUT2D eigenvalue weighted by atomic mass is 16.2. The minimum atomic E-state index is 0.00402. The van der Waals surface area contributed by atoms with Crippen LogP contribution in [0.3, 0.4) is 0 Å². The van der Waals surface area contributed by atoms with Gasteiger partial charge in [0.1, 0.15) is 0 Å². The lowest BCUT2D eigenvalue weighted by Crippen LogP contribution is -2.23. The van der Waals surface area contributed by atoms with E-state index >= 15 is 0 Å². The molecule has 0 aromatic heterocycles. The van der Waals surface area contributed by atoms with Crippen molar-refractivity contribution in [2.24, 2.45) is 11.8 Å². The van der Waals surface area contributed by atoms with Crippen LogP contribution in [-0.4, -0.2) is 31.4 Å². The van der Waals surface area contributed by atoms with Crippen LogP contribution in [0.4, 0.5) is 11.4 Å². The molecule has 2 atom stereocenters. The Morgan fingerprint density at radius 2 is 2.14 bits per heavy atom. The Morgan fingerprint density at radius 1 is 1.38 bits per heavy atom. The van der Waals surface area contributed by atoms with Crippen molar-refractivity contribution >= 4 is 17.3 Å². The van der Waals surface area contributed by atoms with Crippen LogP contribution in [0.2, 0.25) is 0 Å². The van der Waals surface area contributed by atoms with Crippen LogP contribution in [-0.2, 0) is 0 Å². The highest BCUT2D eigenvalue weighted by Gasteiger charge is 2.19. The first-order valence-electron chi connectivity index (χ1n) is 7.82. The van der Waals surface area contributed by atoms with Gasteiger partial charge in [-0.05, 0) is 42.9 Å². The van der Waals surface area contributed by atoms with Gasteiger partial charge in [0.2, 0.25) is 0 Å². The SMILES string of the molecule is CC1CCCC(CNc2cc(C(=O)N(C)C)ccc2N)C1. The number of anilines is 2. The molecule has 0 aliphatic heterocycles. The number of benzene rings is 1. The van der Waals surface area contributed by atoms with Gasteiger partial charge < -0.3 is 16.0 Å². The van der Waals surface area contributed by atoms with E-state index in [1.807, 2.05) is 12.1 Å². The maximum absolute atomic E-state index is 12.0. The summed E-state index contributed by atoms with van der Waals surface area (Å²) in [4.78, 5) is 13.6. The van der Waals surface area contributed by atoms with Crippen molar-refractivity contribution in [3.8, 4) is 0 Å². The van der Waals surface area contributed by atoms with E-state index in [0.29, 0.717) is 17.2 Å². The number of hydrogen-bond acceptors (Lipinski definition) is 3. The van der Waals surface area contributed by atoms with Gasteiger partial charge in [0.25, 0.3) is 5.91 Å². The fourth-order valence-corrected chi connectivity index (χ4v) is 3.10. The highest BCUT2D eigenvalue weighted by Crippen LogP contribution is 2.29. The van der Waals surface area contributed by atoms with Crippen molar-refractivity contribution in [1.29, 1.82) is 0 Å². The molecule has 1 aliphatic carbocycles. The molecule has 1 aliphatic rings. The molecule has 1 amide bonds. The first-order valence-corrected chi connectivity index (χ1v) is 7.82. The van der Waals surface area contributed by atoms with E-state index in [2.05, 4.69) is 12.2 Å². The Bertz CT molecular complexity index is 499. The molecule has 2 unspecified atom stereocenters. The van der Waals surface area contributed by atoms with Crippen molar-refractivity contribution in [3.05, 3.63) is 23.8 Å². The number of nitrogens with one attached hydrogen (secondary N) is 1. The zero-order chi connectivity index (χ0) is 15.4. The third-order valence-corrected chi connectivity index (χ3v) is 4.33. The van der Waals surface area contributed by atoms with Crippen LogP contribution in [0.15, 0.2) is 18.2 Å². The zero-order valence-electron chi connectivity index (χ0n) is 13.4. The number of hydrogen-bond donors (Lipinski definition) is 2. The molecule has 0 saturated heterocycles. The van der Waals surface area contributed by atoms with Crippen LogP contribution in [0.25, 0.3) is 0 Å². The molecular weight excluding hydrogens is 262 g/mol. The molecule has 4 nitrogen and oxygen atoms in total. The fraction of sp³-hybridized carbons (Fsp3) is 0.588. The van der Waals surface area contributed by atoms with Crippen LogP contribution in [0.5, 0.6) is 0 Å². The molecule has 1 saturated carbocycles. The molecule has 1 fully saturated rings. The van der Waals surface area contributed by atoms with Crippen molar-refractivity contribution < 1.29 is 4.79 Å². The average molecular weight is 289 g/mol. The number of carbonyl (C=O) groups is 1. The van der Waals surface area contributed by atoms with Gasteiger partial charge in [-0.15, -0.1) is 0 Å². The standard InChI is InChI=1S/C17H27N3O/c1-12-5-4-6-13(9-12)11-19-16-10-14(7-8-15(16)18)17(21)20(2)3/h7-8,10,12-13,19H,4-6,9,11,18H2,1-3H3. The van der Waals surface area contributed by atoms with E-state index < -0.39 is 0 Å². The van der Waals surface area contributed by atoms with Gasteiger partial charge >= 0.3 is 0 Å². The molecule has 1 aromatic rings. The Labute approximate surface area is 127 Å². The van der Waals surface area contributed by atoms with E-state index in [1.165, 1.54) is 25.7 Å². The summed E-state index contributed by atoms with van der Waals surface area (Å²) in [5.41, 5.74) is 8.27.